The maximum atomic E-state index is 12.7. The average Bonchev–Trinajstić information content (AvgIpc) is 2.71. The first-order valence-electron chi connectivity index (χ1n) is 7.65. The quantitative estimate of drug-likeness (QED) is 0.812. The third kappa shape index (κ3) is 3.04. The molecule has 2 atom stereocenters. The number of amides is 1. The van der Waals surface area contributed by atoms with Gasteiger partial charge in [-0.1, -0.05) is 29.3 Å². The minimum atomic E-state index is -0.751. The number of ether oxygens (including phenoxy) is 2. The molecule has 1 aromatic carbocycles. The number of nitrogens with one attached hydrogen (secondary N) is 1. The van der Waals surface area contributed by atoms with Crippen LogP contribution < -0.4 is 5.32 Å². The lowest BCUT2D eigenvalue weighted by molar-refractivity contribution is -0.139. The van der Waals surface area contributed by atoms with Crippen molar-refractivity contribution in [3.05, 3.63) is 39.6 Å². The number of carbonyl (C=O) groups excluding carboxylic acids is 2. The minimum Gasteiger partial charge on any atom is -0.428 e. The summed E-state index contributed by atoms with van der Waals surface area (Å²) in [4.78, 5) is 24.3. The summed E-state index contributed by atoms with van der Waals surface area (Å²) >= 11 is 12.2. The molecule has 2 aliphatic heterocycles. The van der Waals surface area contributed by atoms with E-state index in [9.17, 15) is 9.59 Å². The van der Waals surface area contributed by atoms with Crippen LogP contribution in [0.2, 0.25) is 10.0 Å². The summed E-state index contributed by atoms with van der Waals surface area (Å²) in [5, 5.41) is 3.78. The topological polar surface area (TPSA) is 64.6 Å². The molecule has 2 unspecified atom stereocenters. The van der Waals surface area contributed by atoms with Crippen molar-refractivity contribution in [3.63, 3.8) is 0 Å². The van der Waals surface area contributed by atoms with Gasteiger partial charge in [-0.15, -0.1) is 0 Å². The van der Waals surface area contributed by atoms with E-state index in [2.05, 4.69) is 5.32 Å². The van der Waals surface area contributed by atoms with Gasteiger partial charge in [0.1, 0.15) is 11.3 Å². The van der Waals surface area contributed by atoms with E-state index in [1.54, 1.807) is 18.2 Å². The van der Waals surface area contributed by atoms with Crippen LogP contribution in [0.5, 0.6) is 0 Å². The SMILES string of the molecule is CC(=O)OC1=C(c2ccc(Cl)cc2Cl)C(=O)NC12CCOC(C)C2. The maximum absolute atomic E-state index is 12.7. The molecule has 1 aromatic rings. The van der Waals surface area contributed by atoms with Crippen molar-refractivity contribution in [2.45, 2.75) is 38.3 Å². The largest absolute Gasteiger partial charge is 0.428 e. The van der Waals surface area contributed by atoms with E-state index in [-0.39, 0.29) is 17.6 Å². The van der Waals surface area contributed by atoms with E-state index in [0.717, 1.165) is 0 Å². The molecule has 1 fully saturated rings. The second kappa shape index (κ2) is 6.39. The molecule has 5 nitrogen and oxygen atoms in total. The fraction of sp³-hybridized carbons (Fsp3) is 0.412. The Hall–Kier alpha value is -1.56. The average molecular weight is 370 g/mol. The first kappa shape index (κ1) is 17.3. The monoisotopic (exact) mass is 369 g/mol. The Morgan fingerprint density at radius 2 is 2.17 bits per heavy atom. The molecular weight excluding hydrogens is 353 g/mol. The molecule has 1 saturated heterocycles. The van der Waals surface area contributed by atoms with Gasteiger partial charge in [0.05, 0.1) is 16.7 Å². The molecule has 0 aliphatic carbocycles. The van der Waals surface area contributed by atoms with Crippen molar-refractivity contribution in [1.82, 2.24) is 5.32 Å². The summed E-state index contributed by atoms with van der Waals surface area (Å²) in [6.07, 6.45) is 0.987. The molecule has 1 amide bonds. The number of carbonyl (C=O) groups is 2. The lowest BCUT2D eigenvalue weighted by Crippen LogP contribution is -2.51. The van der Waals surface area contributed by atoms with Crippen molar-refractivity contribution < 1.29 is 19.1 Å². The van der Waals surface area contributed by atoms with Crippen LogP contribution in [0.4, 0.5) is 0 Å². The number of rotatable bonds is 2. The van der Waals surface area contributed by atoms with Gasteiger partial charge < -0.3 is 14.8 Å². The first-order chi connectivity index (χ1) is 11.3. The van der Waals surface area contributed by atoms with Crippen LogP contribution in [-0.2, 0) is 19.1 Å². The van der Waals surface area contributed by atoms with Crippen LogP contribution >= 0.6 is 23.2 Å². The van der Waals surface area contributed by atoms with Crippen LogP contribution in [0, 0.1) is 0 Å². The summed E-state index contributed by atoms with van der Waals surface area (Å²) in [6.45, 7) is 3.70. The smallest absolute Gasteiger partial charge is 0.307 e. The molecule has 0 aromatic heterocycles. The normalized spacial score (nSPS) is 26.7. The van der Waals surface area contributed by atoms with Crippen molar-refractivity contribution in [2.24, 2.45) is 0 Å². The van der Waals surface area contributed by atoms with Gasteiger partial charge in [0.25, 0.3) is 5.91 Å². The third-order valence-corrected chi connectivity index (χ3v) is 4.80. The molecule has 24 heavy (non-hydrogen) atoms. The zero-order chi connectivity index (χ0) is 17.5. The maximum Gasteiger partial charge on any atom is 0.307 e. The molecule has 2 aliphatic rings. The second-order valence-corrected chi connectivity index (χ2v) is 6.94. The van der Waals surface area contributed by atoms with E-state index in [0.29, 0.717) is 40.8 Å². The third-order valence-electron chi connectivity index (χ3n) is 4.25. The van der Waals surface area contributed by atoms with Gasteiger partial charge in [-0.25, -0.2) is 0 Å². The Kier molecular flexibility index (Phi) is 4.60. The second-order valence-electron chi connectivity index (χ2n) is 6.09. The highest BCUT2D eigenvalue weighted by molar-refractivity contribution is 6.38. The van der Waals surface area contributed by atoms with Crippen molar-refractivity contribution in [2.75, 3.05) is 6.61 Å². The van der Waals surface area contributed by atoms with E-state index >= 15 is 0 Å². The molecule has 7 heteroatoms. The van der Waals surface area contributed by atoms with Gasteiger partial charge in [-0.3, -0.25) is 9.59 Å². The predicted octanol–water partition coefficient (Wildman–Crippen LogP) is 3.34. The van der Waals surface area contributed by atoms with Gasteiger partial charge in [0, 0.05) is 37.0 Å². The molecule has 128 valence electrons. The Labute approximate surface area is 149 Å². The van der Waals surface area contributed by atoms with Gasteiger partial charge in [-0.2, -0.15) is 0 Å². The number of benzene rings is 1. The Morgan fingerprint density at radius 1 is 1.42 bits per heavy atom. The van der Waals surface area contributed by atoms with Gasteiger partial charge in [0.15, 0.2) is 0 Å². The van der Waals surface area contributed by atoms with Crippen LogP contribution in [0.25, 0.3) is 5.57 Å². The predicted molar refractivity (Wildman–Crippen MR) is 90.7 cm³/mol. The molecule has 2 heterocycles. The van der Waals surface area contributed by atoms with Crippen LogP contribution in [-0.4, -0.2) is 30.1 Å². The zero-order valence-electron chi connectivity index (χ0n) is 13.3. The Balaban J connectivity index is 2.17. The molecule has 1 spiro atoms. The highest BCUT2D eigenvalue weighted by atomic mass is 35.5. The number of hydrogen-bond acceptors (Lipinski definition) is 4. The van der Waals surface area contributed by atoms with E-state index in [4.69, 9.17) is 32.7 Å². The zero-order valence-corrected chi connectivity index (χ0v) is 14.8. The standard InChI is InChI=1S/C17H17Cl2NO4/c1-9-8-17(5-6-23-9)15(24-10(2)21)14(16(22)20-17)12-4-3-11(18)7-13(12)19/h3-4,7,9H,5-6,8H2,1-2H3,(H,20,22). The van der Waals surface area contributed by atoms with E-state index in [1.165, 1.54) is 6.92 Å². The number of halogens is 2. The van der Waals surface area contributed by atoms with E-state index < -0.39 is 11.5 Å². The lowest BCUT2D eigenvalue weighted by Gasteiger charge is -2.37. The molecule has 1 N–H and O–H groups in total. The molecular formula is C17H17Cl2NO4. The molecule has 0 saturated carbocycles. The van der Waals surface area contributed by atoms with Crippen molar-refractivity contribution in [3.8, 4) is 0 Å². The summed E-state index contributed by atoms with van der Waals surface area (Å²) < 4.78 is 11.1. The van der Waals surface area contributed by atoms with Gasteiger partial charge in [-0.05, 0) is 19.1 Å². The first-order valence-corrected chi connectivity index (χ1v) is 8.41. The van der Waals surface area contributed by atoms with Gasteiger partial charge in [0.2, 0.25) is 0 Å². The highest BCUT2D eigenvalue weighted by Crippen LogP contribution is 2.43. The van der Waals surface area contributed by atoms with Crippen LogP contribution in [0.3, 0.4) is 0 Å². The molecule has 0 bridgehead atoms. The summed E-state index contributed by atoms with van der Waals surface area (Å²) in [5.41, 5.74) is 0.0189. The number of hydrogen-bond donors (Lipinski definition) is 1. The van der Waals surface area contributed by atoms with Crippen molar-refractivity contribution >= 4 is 40.7 Å². The van der Waals surface area contributed by atoms with Crippen LogP contribution in [0.15, 0.2) is 24.0 Å². The van der Waals surface area contributed by atoms with Crippen LogP contribution in [0.1, 0.15) is 32.3 Å². The fourth-order valence-corrected chi connectivity index (χ4v) is 3.82. The summed E-state index contributed by atoms with van der Waals surface area (Å²) in [7, 11) is 0. The Morgan fingerprint density at radius 3 is 2.79 bits per heavy atom. The molecule has 3 rings (SSSR count). The fourth-order valence-electron chi connectivity index (χ4n) is 3.31. The Bertz CT molecular complexity index is 746. The van der Waals surface area contributed by atoms with Crippen molar-refractivity contribution in [1.29, 1.82) is 0 Å². The number of esters is 1. The summed E-state index contributed by atoms with van der Waals surface area (Å²) in [6, 6.07) is 4.86. The van der Waals surface area contributed by atoms with E-state index in [1.807, 2.05) is 6.92 Å². The highest BCUT2D eigenvalue weighted by Gasteiger charge is 2.50. The van der Waals surface area contributed by atoms with Gasteiger partial charge >= 0.3 is 5.97 Å². The summed E-state index contributed by atoms with van der Waals surface area (Å²) in [5.74, 6) is -0.480. The minimum absolute atomic E-state index is 0.0651. The lowest BCUT2D eigenvalue weighted by atomic mass is 9.85. The molecule has 0 radical (unpaired) electrons.